The summed E-state index contributed by atoms with van der Waals surface area (Å²) >= 11 is 0. The van der Waals surface area contributed by atoms with Gasteiger partial charge in [-0.3, -0.25) is 0 Å². The summed E-state index contributed by atoms with van der Waals surface area (Å²) in [6.07, 6.45) is -2.90. The lowest BCUT2D eigenvalue weighted by Gasteiger charge is -2.51. The third-order valence-electron chi connectivity index (χ3n) is 17.2. The summed E-state index contributed by atoms with van der Waals surface area (Å²) in [6, 6.07) is 40.8. The maximum atomic E-state index is 8.68. The minimum absolute atomic E-state index is 0.00549. The number of hydrogen-bond acceptors (Lipinski definition) is 12. The van der Waals surface area contributed by atoms with Gasteiger partial charge >= 0.3 is 0 Å². The molecule has 422 valence electrons. The van der Waals surface area contributed by atoms with E-state index in [-0.39, 0.29) is 85.3 Å². The molecule has 0 aliphatic carbocycles. The molecule has 0 aromatic heterocycles. The van der Waals surface area contributed by atoms with E-state index in [0.717, 1.165) is 35.1 Å². The largest absolute Gasteiger partial charge is 0.374 e. The second kappa shape index (κ2) is 29.6. The Balaban J connectivity index is 1.04. The van der Waals surface area contributed by atoms with Gasteiger partial charge in [0.15, 0.2) is 25.2 Å². The van der Waals surface area contributed by atoms with Crippen LogP contribution in [-0.4, -0.2) is 100 Å². The highest BCUT2D eigenvalue weighted by Gasteiger charge is 2.52. The molecule has 0 bridgehead atoms. The Bertz CT molecular complexity index is 2300. The van der Waals surface area contributed by atoms with Crippen molar-refractivity contribution in [3.05, 3.63) is 156 Å². The fraction of sp³-hybridized carbons (Fsp3) is 0.600. The molecule has 20 unspecified atom stereocenters. The predicted molar refractivity (Wildman–Crippen MR) is 297 cm³/mol. The molecule has 4 aromatic carbocycles. The number of benzene rings is 4. The smallest absolute Gasteiger partial charge is 0.185 e. The second-order valence-electron chi connectivity index (χ2n) is 22.4. The molecule has 0 N–H and O–H groups in total. The molecular formula is C65H90O12. The molecule has 77 heavy (non-hydrogen) atoms. The van der Waals surface area contributed by atoms with Crippen molar-refractivity contribution < 1.29 is 58.2 Å². The minimum atomic E-state index is -0.909. The van der Waals surface area contributed by atoms with E-state index in [0.29, 0.717) is 46.2 Å². The van der Waals surface area contributed by atoms with E-state index >= 15 is 0 Å². The van der Waals surface area contributed by atoms with Crippen LogP contribution in [0.5, 0.6) is 0 Å². The van der Waals surface area contributed by atoms with E-state index in [1.54, 1.807) is 0 Å². The van der Waals surface area contributed by atoms with E-state index in [9.17, 15) is 0 Å². The SMILES string of the molecule is [3H]CC1OC(OC2C(OCC3OC(OCCCC=C)C(OCc4ccccc4)C(C)C3C)OC(COCc3ccccc3)C(C)C2C)C(OC2OC(COCc3ccccc3)C(C)C(C)C2OCc2ccccc2)C(C)C1C. The molecule has 0 saturated carbocycles. The number of allylic oxidation sites excluding steroid dienone is 1. The van der Waals surface area contributed by atoms with Crippen LogP contribution in [0.15, 0.2) is 134 Å². The highest BCUT2D eigenvalue weighted by Crippen LogP contribution is 2.43. The number of ether oxygens (including phenoxy) is 12. The molecule has 8 rings (SSSR count). The molecule has 4 saturated heterocycles. The quantitative estimate of drug-likeness (QED) is 0.0441. The first-order chi connectivity index (χ1) is 37.9. The first-order valence-corrected chi connectivity index (χ1v) is 28.5. The average Bonchev–Trinajstić information content (AvgIpc) is 3.52. The third-order valence-corrected chi connectivity index (χ3v) is 17.2. The summed E-state index contributed by atoms with van der Waals surface area (Å²) in [4.78, 5) is 0. The van der Waals surface area contributed by atoms with Crippen molar-refractivity contribution in [2.45, 2.75) is 176 Å². The topological polar surface area (TPSA) is 111 Å². The lowest BCUT2D eigenvalue weighted by atomic mass is 9.82. The molecule has 0 amide bonds. The van der Waals surface area contributed by atoms with Crippen LogP contribution in [0.2, 0.25) is 0 Å². The summed E-state index contributed by atoms with van der Waals surface area (Å²) < 4.78 is 90.9. The molecule has 4 aromatic rings. The Hall–Kier alpha value is -3.86. The van der Waals surface area contributed by atoms with Gasteiger partial charge < -0.3 is 56.8 Å². The second-order valence-corrected chi connectivity index (χ2v) is 22.4. The molecular weight excluding hydrogens is 973 g/mol. The maximum Gasteiger partial charge on any atom is 0.185 e. The van der Waals surface area contributed by atoms with Crippen molar-refractivity contribution in [2.24, 2.45) is 47.3 Å². The number of unbranched alkanes of at least 4 members (excludes halogenated alkanes) is 1. The minimum Gasteiger partial charge on any atom is -0.374 e. The van der Waals surface area contributed by atoms with Crippen molar-refractivity contribution in [2.75, 3.05) is 26.4 Å². The van der Waals surface area contributed by atoms with E-state index in [4.69, 9.17) is 58.2 Å². The molecule has 4 heterocycles. The van der Waals surface area contributed by atoms with Crippen molar-refractivity contribution in [3.63, 3.8) is 0 Å². The van der Waals surface area contributed by atoms with Crippen LogP contribution in [-0.2, 0) is 83.3 Å². The van der Waals surface area contributed by atoms with Crippen molar-refractivity contribution >= 4 is 0 Å². The van der Waals surface area contributed by atoms with Gasteiger partial charge in [-0.05, 0) is 89.3 Å². The normalized spacial score (nSPS) is 35.8. The summed E-state index contributed by atoms with van der Waals surface area (Å²) in [5.41, 5.74) is 4.34. The van der Waals surface area contributed by atoms with Gasteiger partial charge in [0.05, 0.1) is 77.3 Å². The van der Waals surface area contributed by atoms with Crippen LogP contribution in [0.3, 0.4) is 0 Å². The highest BCUT2D eigenvalue weighted by atomic mass is 16.8. The van der Waals surface area contributed by atoms with Gasteiger partial charge in [0, 0.05) is 1.37 Å². The Morgan fingerprint density at radius 2 is 0.792 bits per heavy atom. The number of rotatable bonds is 26. The summed E-state index contributed by atoms with van der Waals surface area (Å²) in [7, 11) is 0. The molecule has 12 heteroatoms. The van der Waals surface area contributed by atoms with E-state index in [1.165, 1.54) is 0 Å². The highest BCUT2D eigenvalue weighted by molar-refractivity contribution is 5.16. The van der Waals surface area contributed by atoms with Gasteiger partial charge in [0.1, 0.15) is 24.4 Å². The number of hydrogen-bond donors (Lipinski definition) is 0. The molecule has 4 fully saturated rings. The first-order valence-electron chi connectivity index (χ1n) is 29.2. The zero-order chi connectivity index (χ0) is 55.0. The van der Waals surface area contributed by atoms with Gasteiger partial charge in [-0.15, -0.1) is 6.58 Å². The lowest BCUT2D eigenvalue weighted by Crippen LogP contribution is -2.60. The van der Waals surface area contributed by atoms with Gasteiger partial charge in [-0.25, -0.2) is 0 Å². The zero-order valence-corrected chi connectivity index (χ0v) is 47.1. The molecule has 12 nitrogen and oxygen atoms in total. The monoisotopic (exact) mass is 1060 g/mol. The zero-order valence-electron chi connectivity index (χ0n) is 48.1. The van der Waals surface area contributed by atoms with Crippen LogP contribution in [0.25, 0.3) is 0 Å². The fourth-order valence-corrected chi connectivity index (χ4v) is 11.1. The van der Waals surface area contributed by atoms with Gasteiger partial charge in [0.25, 0.3) is 0 Å². The van der Waals surface area contributed by atoms with Crippen LogP contribution >= 0.6 is 0 Å². The fourth-order valence-electron chi connectivity index (χ4n) is 11.1. The van der Waals surface area contributed by atoms with E-state index < -0.39 is 49.6 Å². The summed E-state index contributed by atoms with van der Waals surface area (Å²) in [5.74, 6) is 0.00274. The van der Waals surface area contributed by atoms with E-state index in [1.807, 2.05) is 78.9 Å². The molecule has 0 radical (unpaired) electrons. The molecule has 4 aliphatic rings. The maximum absolute atomic E-state index is 8.68. The van der Waals surface area contributed by atoms with Gasteiger partial charge in [-0.1, -0.05) is 183 Å². The summed E-state index contributed by atoms with van der Waals surface area (Å²) in [5, 5.41) is 0. The molecule has 0 spiro atoms. The Kier molecular flexibility index (Phi) is 22.2. The molecule has 4 aliphatic heterocycles. The Morgan fingerprint density at radius 3 is 1.26 bits per heavy atom. The van der Waals surface area contributed by atoms with E-state index in [2.05, 4.69) is 110 Å². The lowest BCUT2D eigenvalue weighted by molar-refractivity contribution is -0.378. The van der Waals surface area contributed by atoms with Gasteiger partial charge in [0.2, 0.25) is 0 Å². The van der Waals surface area contributed by atoms with Crippen LogP contribution in [0, 0.1) is 47.3 Å². The average molecular weight is 1070 g/mol. The molecule has 20 atom stereocenters. The van der Waals surface area contributed by atoms with Crippen molar-refractivity contribution in [3.8, 4) is 0 Å². The summed E-state index contributed by atoms with van der Waals surface area (Å²) in [6.45, 7) is 24.7. The third kappa shape index (κ3) is 16.0. The predicted octanol–water partition coefficient (Wildman–Crippen LogP) is 12.4. The van der Waals surface area contributed by atoms with Crippen LogP contribution < -0.4 is 0 Å². The van der Waals surface area contributed by atoms with Crippen molar-refractivity contribution in [1.29, 1.82) is 0 Å². The standard InChI is InChI=1S/C65H90O12/c1-11-12-25-34-68-62-58(69-37-53-30-21-15-22-31-53)47(7)44(4)57(74-62)41-71-63-60(49(9)45(5)55(73-63)39-66-35-51-26-17-13-18-27-51)76-65-61(46(6)42(2)50(10)72-65)77-64-59(70-38-54-32-23-16-24-33-54)48(8)43(3)56(75-64)40-67-36-52-28-19-14-20-29-52/h11,13-24,26-33,42-50,55-65H,1,12,25,34-41H2,2-10H3/i10T. The van der Waals surface area contributed by atoms with Crippen molar-refractivity contribution in [1.82, 2.24) is 0 Å². The van der Waals surface area contributed by atoms with Crippen LogP contribution in [0.1, 0.15) is 98.8 Å². The Labute approximate surface area is 462 Å². The first kappa shape index (κ1) is 57.8. The van der Waals surface area contributed by atoms with Crippen LogP contribution in [0.4, 0.5) is 0 Å². The van der Waals surface area contributed by atoms with Gasteiger partial charge in [-0.2, -0.15) is 0 Å². The Morgan fingerprint density at radius 1 is 0.416 bits per heavy atom.